The predicted molar refractivity (Wildman–Crippen MR) is 19.2 cm³/mol. The Kier molecular flexibility index (Phi) is 24.8. The number of hydrogen-bond acceptors (Lipinski definition) is 1. The predicted octanol–water partition coefficient (Wildman–Crippen LogP) is -0.696. The monoisotopic (exact) mass is 297 g/mol. The van der Waals surface area contributed by atoms with E-state index in [9.17, 15) is 0 Å². The Morgan fingerprint density at radius 3 is 1.33 bits per heavy atom. The van der Waals surface area contributed by atoms with E-state index in [1.54, 1.807) is 0 Å². The quantitative estimate of drug-likeness (QED) is 0.582. The van der Waals surface area contributed by atoms with Crippen molar-refractivity contribution in [3.63, 3.8) is 0 Å². The van der Waals surface area contributed by atoms with Gasteiger partial charge in [0.2, 0.25) is 0 Å². The Labute approximate surface area is 78.1 Å². The molecule has 0 spiro atoms. The topological polar surface area (TPSA) is 57.5 Å². The summed E-state index contributed by atoms with van der Waals surface area (Å²) < 4.78 is 0. The summed E-state index contributed by atoms with van der Waals surface area (Å²) in [4.78, 5) is 8.56. The molecule has 0 amide bonds. The van der Waals surface area contributed by atoms with E-state index in [1.807, 2.05) is 0 Å². The molecule has 0 heterocycles. The Balaban J connectivity index is -0.0000000450. The molecule has 0 saturated heterocycles. The van der Waals surface area contributed by atoms with Gasteiger partial charge in [-0.15, -0.1) is 0 Å². The maximum atomic E-state index is 8.56. The summed E-state index contributed by atoms with van der Waals surface area (Å²) in [5.41, 5.74) is 0. The van der Waals surface area contributed by atoms with Gasteiger partial charge < -0.3 is 10.2 Å². The van der Waals surface area contributed by atoms with Gasteiger partial charge in [-0.2, -0.15) is 0 Å². The first-order valence-electron chi connectivity index (χ1n) is 0.651. The van der Waals surface area contributed by atoms with Gasteiger partial charge in [0.05, 0.1) is 0 Å². The molecule has 0 unspecified atom stereocenters. The maximum Gasteiger partial charge on any atom is 0 e. The summed E-state index contributed by atoms with van der Waals surface area (Å²) in [5.74, 6) is 0. The zero-order chi connectivity index (χ0) is 3.58. The summed E-state index contributed by atoms with van der Waals surface area (Å²) in [6.07, 6.45) is -1.83. The number of carbonyl (C=O) groups is 1. The molecule has 5 heteroatoms. The van der Waals surface area contributed by atoms with Crippen LogP contribution in [0.1, 0.15) is 0 Å². The van der Waals surface area contributed by atoms with Gasteiger partial charge in [0.15, 0.2) is 0 Å². The number of rotatable bonds is 0. The molecule has 2 N–H and O–H groups in total. The Morgan fingerprint density at radius 2 is 1.33 bits per heavy atom. The van der Waals surface area contributed by atoms with Crippen LogP contribution in [-0.2, 0) is 20.1 Å². The van der Waals surface area contributed by atoms with Gasteiger partial charge in [0, 0.05) is 20.1 Å². The van der Waals surface area contributed by atoms with Gasteiger partial charge in [-0.05, 0) is 0 Å². The van der Waals surface area contributed by atoms with Crippen LogP contribution in [-0.4, -0.2) is 54.1 Å². The van der Waals surface area contributed by atoms with Crippen molar-refractivity contribution in [1.82, 2.24) is 0 Å². The summed E-state index contributed by atoms with van der Waals surface area (Å²) in [5, 5.41) is 13.9. The first-order chi connectivity index (χ1) is 1.73. The minimum atomic E-state index is -1.83. The third-order valence-corrected chi connectivity index (χ3v) is 0. The second-order valence-electron chi connectivity index (χ2n) is 0.283. The Hall–Kier alpha value is 1.18. The fourth-order valence-corrected chi connectivity index (χ4v) is 0. The van der Waals surface area contributed by atoms with Crippen LogP contribution in [0, 0.1) is 0 Å². The van der Waals surface area contributed by atoms with Crippen molar-refractivity contribution in [2.45, 2.75) is 0 Å². The summed E-state index contributed by atoms with van der Waals surface area (Å²) in [6.45, 7) is 0. The first kappa shape index (κ1) is 15.7. The summed E-state index contributed by atoms with van der Waals surface area (Å²) in [6, 6.07) is 0. The third kappa shape index (κ3) is 65.1. The maximum absolute atomic E-state index is 8.56. The molecule has 0 aliphatic rings. The normalized spacial score (nSPS) is 4.00. The molecule has 37 valence electrons. The van der Waals surface area contributed by atoms with Crippen LogP contribution >= 0.6 is 0 Å². The Morgan fingerprint density at radius 1 is 1.33 bits per heavy atom. The summed E-state index contributed by atoms with van der Waals surface area (Å²) in [7, 11) is 0. The third-order valence-electron chi connectivity index (χ3n) is 0. The van der Waals surface area contributed by atoms with Crippen LogP contribution in [0.15, 0.2) is 0 Å². The van der Waals surface area contributed by atoms with Gasteiger partial charge in [-0.1, -0.05) is 0 Å². The van der Waals surface area contributed by atoms with Crippen LogP contribution in [0.25, 0.3) is 0 Å². The van der Waals surface area contributed by atoms with Gasteiger partial charge in [-0.25, -0.2) is 4.79 Å². The van der Waals surface area contributed by atoms with Crippen LogP contribution < -0.4 is 0 Å². The van der Waals surface area contributed by atoms with Crippen LogP contribution in [0.2, 0.25) is 0 Å². The average Bonchev–Trinajstić information content (AvgIpc) is 0.811. The second-order valence-corrected chi connectivity index (χ2v) is 0.283. The fraction of sp³-hybridized carbons (Fsp3) is 0. The van der Waals surface area contributed by atoms with E-state index in [-0.39, 0.29) is 57.8 Å². The molecular formula is CH4CaIrO3. The second kappa shape index (κ2) is 9.49. The van der Waals surface area contributed by atoms with Crippen molar-refractivity contribution < 1.29 is 35.1 Å². The SMILES string of the molecule is O=C(O)O.[CaH2].[Ir]. The van der Waals surface area contributed by atoms with E-state index in [1.165, 1.54) is 0 Å². The molecule has 0 atom stereocenters. The summed E-state index contributed by atoms with van der Waals surface area (Å²) >= 11 is 0. The number of carboxylic acid groups (broad SMARTS) is 2. The standard InChI is InChI=1S/CH2O3.Ca.Ir.2H/c2-1(3)4;;;;/h(H2,2,3,4);;;;. The van der Waals surface area contributed by atoms with Crippen molar-refractivity contribution >= 4 is 43.9 Å². The van der Waals surface area contributed by atoms with E-state index in [4.69, 9.17) is 15.0 Å². The molecular weight excluding hydrogens is 292 g/mol. The van der Waals surface area contributed by atoms with E-state index in [0.29, 0.717) is 0 Å². The van der Waals surface area contributed by atoms with Crippen LogP contribution in [0.5, 0.6) is 0 Å². The molecule has 1 radical (unpaired) electrons. The molecule has 0 bridgehead atoms. The number of hydrogen-bond donors (Lipinski definition) is 2. The van der Waals surface area contributed by atoms with E-state index in [0.717, 1.165) is 0 Å². The smallest absolute Gasteiger partial charge is 0 e. The fourth-order valence-electron chi connectivity index (χ4n) is 0. The van der Waals surface area contributed by atoms with Crippen molar-refractivity contribution in [1.29, 1.82) is 0 Å². The van der Waals surface area contributed by atoms with Crippen LogP contribution in [0.3, 0.4) is 0 Å². The van der Waals surface area contributed by atoms with Gasteiger partial charge in [0.25, 0.3) is 0 Å². The molecule has 0 aliphatic heterocycles. The zero-order valence-electron chi connectivity index (χ0n) is 2.14. The first-order valence-corrected chi connectivity index (χ1v) is 0.651. The minimum Gasteiger partial charge on any atom is 0 e. The van der Waals surface area contributed by atoms with Crippen molar-refractivity contribution in [2.75, 3.05) is 0 Å². The molecule has 0 saturated carbocycles. The molecule has 0 aliphatic carbocycles. The zero-order valence-corrected chi connectivity index (χ0v) is 4.53. The minimum absolute atomic E-state index is 0. The molecule has 0 rings (SSSR count). The van der Waals surface area contributed by atoms with E-state index < -0.39 is 6.16 Å². The van der Waals surface area contributed by atoms with Crippen molar-refractivity contribution in [2.24, 2.45) is 0 Å². The molecule has 0 aromatic carbocycles. The van der Waals surface area contributed by atoms with Crippen molar-refractivity contribution in [3.8, 4) is 0 Å². The average molecular weight is 296 g/mol. The van der Waals surface area contributed by atoms with Gasteiger partial charge in [0.1, 0.15) is 0 Å². The van der Waals surface area contributed by atoms with Crippen LogP contribution in [0.4, 0.5) is 4.79 Å². The molecule has 0 fully saturated rings. The Bertz CT molecular complexity index is 33.8. The van der Waals surface area contributed by atoms with Crippen molar-refractivity contribution in [3.05, 3.63) is 0 Å². The molecule has 6 heavy (non-hydrogen) atoms. The largest absolute Gasteiger partial charge is 0 e. The molecule has 0 aromatic rings. The molecule has 3 nitrogen and oxygen atoms in total. The van der Waals surface area contributed by atoms with E-state index >= 15 is 0 Å². The van der Waals surface area contributed by atoms with Gasteiger partial charge in [-0.3, -0.25) is 0 Å². The van der Waals surface area contributed by atoms with Gasteiger partial charge >= 0.3 is 43.9 Å². The van der Waals surface area contributed by atoms with E-state index in [2.05, 4.69) is 0 Å². The molecule has 0 aromatic heterocycles.